The van der Waals surface area contributed by atoms with Crippen LogP contribution in [0.4, 0.5) is 11.8 Å². The molecule has 0 amide bonds. The summed E-state index contributed by atoms with van der Waals surface area (Å²) in [6, 6.07) is 7.07. The van der Waals surface area contributed by atoms with E-state index in [9.17, 15) is 5.11 Å². The van der Waals surface area contributed by atoms with Gasteiger partial charge < -0.3 is 20.5 Å². The van der Waals surface area contributed by atoms with Crippen molar-refractivity contribution in [1.82, 2.24) is 9.97 Å². The summed E-state index contributed by atoms with van der Waals surface area (Å²) in [5.41, 5.74) is 5.70. The van der Waals surface area contributed by atoms with E-state index >= 15 is 0 Å². The third-order valence-electron chi connectivity index (χ3n) is 3.64. The molecule has 6 nitrogen and oxygen atoms in total. The van der Waals surface area contributed by atoms with E-state index in [0.717, 1.165) is 19.5 Å². The average Bonchev–Trinajstić information content (AvgIpc) is 3.00. The highest BCUT2D eigenvalue weighted by Gasteiger charge is 2.26. The molecule has 1 atom stereocenters. The third-order valence-corrected chi connectivity index (χ3v) is 3.89. The van der Waals surface area contributed by atoms with Crippen molar-refractivity contribution in [2.24, 2.45) is 5.92 Å². The Morgan fingerprint density at radius 3 is 2.82 bits per heavy atom. The topological polar surface area (TPSA) is 84.5 Å². The van der Waals surface area contributed by atoms with Crippen molar-refractivity contribution in [2.75, 3.05) is 30.3 Å². The molecule has 3 N–H and O–H groups in total. The Balaban J connectivity index is 1.86. The molecule has 1 aliphatic heterocycles. The highest BCUT2D eigenvalue weighted by Crippen LogP contribution is 2.33. The minimum Gasteiger partial charge on any atom is -0.452 e. The molecule has 1 saturated heterocycles. The number of aromatic nitrogens is 2. The maximum Gasteiger partial charge on any atom is 0.222 e. The van der Waals surface area contributed by atoms with Crippen LogP contribution in [-0.4, -0.2) is 34.8 Å². The van der Waals surface area contributed by atoms with Gasteiger partial charge in [0.25, 0.3) is 0 Å². The van der Waals surface area contributed by atoms with Gasteiger partial charge in [0.2, 0.25) is 5.95 Å². The molecule has 1 aromatic carbocycles. The molecule has 3 rings (SSSR count). The Kier molecular flexibility index (Phi) is 4.31. The normalized spacial score (nSPS) is 17.7. The smallest absolute Gasteiger partial charge is 0.222 e. The first-order valence-electron chi connectivity index (χ1n) is 7.07. The van der Waals surface area contributed by atoms with Gasteiger partial charge in [-0.25, -0.2) is 4.98 Å². The molecule has 1 unspecified atom stereocenters. The van der Waals surface area contributed by atoms with Crippen LogP contribution in [-0.2, 0) is 0 Å². The summed E-state index contributed by atoms with van der Waals surface area (Å²) in [6.07, 6.45) is 2.49. The molecule has 1 aromatic heterocycles. The second kappa shape index (κ2) is 6.37. The van der Waals surface area contributed by atoms with Gasteiger partial charge in [-0.15, -0.1) is 0 Å². The fraction of sp³-hybridized carbons (Fsp3) is 0.333. The highest BCUT2D eigenvalue weighted by atomic mass is 35.5. The number of aliphatic hydroxyl groups excluding tert-OH is 1. The summed E-state index contributed by atoms with van der Waals surface area (Å²) in [5, 5.41) is 9.93. The molecule has 7 heteroatoms. The van der Waals surface area contributed by atoms with Crippen LogP contribution in [0.1, 0.15) is 6.42 Å². The molecule has 2 aromatic rings. The fourth-order valence-corrected chi connectivity index (χ4v) is 2.60. The monoisotopic (exact) mass is 320 g/mol. The van der Waals surface area contributed by atoms with Crippen LogP contribution >= 0.6 is 11.6 Å². The SMILES string of the molecule is Nc1ncc(Oc2ccc(Cl)cc2)c(N2CCC(CO)C2)n1. The van der Waals surface area contributed by atoms with Gasteiger partial charge in [0.05, 0.1) is 6.20 Å². The van der Waals surface area contributed by atoms with Crippen LogP contribution in [0.5, 0.6) is 11.5 Å². The standard InChI is InChI=1S/C15H17ClN4O2/c16-11-1-3-12(4-2-11)22-13-7-18-15(17)19-14(13)20-6-5-10(8-20)9-21/h1-4,7,10,21H,5-6,8-9H2,(H2,17,18,19). The molecule has 0 aliphatic carbocycles. The molecular formula is C15H17ClN4O2. The number of rotatable bonds is 4. The van der Waals surface area contributed by atoms with Crippen LogP contribution in [0.3, 0.4) is 0 Å². The zero-order valence-electron chi connectivity index (χ0n) is 11.9. The molecular weight excluding hydrogens is 304 g/mol. The molecule has 1 fully saturated rings. The average molecular weight is 321 g/mol. The molecule has 0 bridgehead atoms. The Morgan fingerprint density at radius 1 is 1.36 bits per heavy atom. The number of aliphatic hydroxyl groups is 1. The maximum absolute atomic E-state index is 9.29. The number of ether oxygens (including phenoxy) is 1. The third kappa shape index (κ3) is 3.23. The number of hydrogen-bond acceptors (Lipinski definition) is 6. The fourth-order valence-electron chi connectivity index (χ4n) is 2.48. The minimum atomic E-state index is 0.171. The molecule has 1 aliphatic rings. The van der Waals surface area contributed by atoms with E-state index in [1.807, 2.05) is 0 Å². The summed E-state index contributed by atoms with van der Waals surface area (Å²) in [6.45, 7) is 1.70. The van der Waals surface area contributed by atoms with E-state index in [1.165, 1.54) is 0 Å². The minimum absolute atomic E-state index is 0.171. The van der Waals surface area contributed by atoms with Gasteiger partial charge >= 0.3 is 0 Å². The molecule has 22 heavy (non-hydrogen) atoms. The lowest BCUT2D eigenvalue weighted by Gasteiger charge is -2.20. The first kappa shape index (κ1) is 14.9. The van der Waals surface area contributed by atoms with Crippen LogP contribution < -0.4 is 15.4 Å². The van der Waals surface area contributed by atoms with Crippen molar-refractivity contribution in [3.8, 4) is 11.5 Å². The van der Waals surface area contributed by atoms with E-state index in [2.05, 4.69) is 14.9 Å². The lowest BCUT2D eigenvalue weighted by atomic mass is 10.1. The summed E-state index contributed by atoms with van der Waals surface area (Å²) in [7, 11) is 0. The first-order valence-corrected chi connectivity index (χ1v) is 7.45. The summed E-state index contributed by atoms with van der Waals surface area (Å²) in [4.78, 5) is 10.4. The van der Waals surface area contributed by atoms with Gasteiger partial charge in [-0.1, -0.05) is 11.6 Å². The zero-order valence-corrected chi connectivity index (χ0v) is 12.7. The lowest BCUT2D eigenvalue weighted by Crippen LogP contribution is -2.22. The number of benzene rings is 1. The van der Waals surface area contributed by atoms with Crippen LogP contribution in [0.25, 0.3) is 0 Å². The van der Waals surface area contributed by atoms with Gasteiger partial charge in [0.15, 0.2) is 11.6 Å². The van der Waals surface area contributed by atoms with E-state index in [0.29, 0.717) is 22.3 Å². The van der Waals surface area contributed by atoms with Crippen LogP contribution in [0.15, 0.2) is 30.5 Å². The van der Waals surface area contributed by atoms with Crippen molar-refractivity contribution in [1.29, 1.82) is 0 Å². The zero-order chi connectivity index (χ0) is 15.5. The molecule has 0 spiro atoms. The van der Waals surface area contributed by atoms with Crippen molar-refractivity contribution < 1.29 is 9.84 Å². The van der Waals surface area contributed by atoms with Crippen LogP contribution in [0.2, 0.25) is 5.02 Å². The number of nitrogen functional groups attached to an aromatic ring is 1. The lowest BCUT2D eigenvalue weighted by molar-refractivity contribution is 0.238. The van der Waals surface area contributed by atoms with E-state index < -0.39 is 0 Å². The van der Waals surface area contributed by atoms with Gasteiger partial charge in [-0.2, -0.15) is 4.98 Å². The highest BCUT2D eigenvalue weighted by molar-refractivity contribution is 6.30. The van der Waals surface area contributed by atoms with Crippen LogP contribution in [0, 0.1) is 5.92 Å². The maximum atomic E-state index is 9.29. The first-order chi connectivity index (χ1) is 10.7. The van der Waals surface area contributed by atoms with Gasteiger partial charge in [-0.05, 0) is 30.7 Å². The van der Waals surface area contributed by atoms with Crippen molar-refractivity contribution in [3.63, 3.8) is 0 Å². The predicted octanol–water partition coefficient (Wildman–Crippen LogP) is 2.32. The number of anilines is 2. The van der Waals surface area contributed by atoms with Crippen molar-refractivity contribution >= 4 is 23.4 Å². The molecule has 0 saturated carbocycles. The second-order valence-electron chi connectivity index (χ2n) is 5.26. The molecule has 0 radical (unpaired) electrons. The summed E-state index contributed by atoms with van der Waals surface area (Å²) >= 11 is 5.87. The Hall–Kier alpha value is -2.05. The Morgan fingerprint density at radius 2 is 2.14 bits per heavy atom. The molecule has 116 valence electrons. The summed E-state index contributed by atoms with van der Waals surface area (Å²) in [5.74, 6) is 2.29. The van der Waals surface area contributed by atoms with Crippen molar-refractivity contribution in [3.05, 3.63) is 35.5 Å². The second-order valence-corrected chi connectivity index (χ2v) is 5.69. The number of nitrogens with zero attached hydrogens (tertiary/aromatic N) is 3. The summed E-state index contributed by atoms with van der Waals surface area (Å²) < 4.78 is 5.86. The largest absolute Gasteiger partial charge is 0.452 e. The van der Waals surface area contributed by atoms with E-state index in [4.69, 9.17) is 22.1 Å². The van der Waals surface area contributed by atoms with Gasteiger partial charge in [-0.3, -0.25) is 0 Å². The van der Waals surface area contributed by atoms with Crippen molar-refractivity contribution in [2.45, 2.75) is 6.42 Å². The van der Waals surface area contributed by atoms with Gasteiger partial charge in [0, 0.05) is 30.6 Å². The Labute approximate surface area is 133 Å². The van der Waals surface area contributed by atoms with Gasteiger partial charge in [0.1, 0.15) is 5.75 Å². The number of halogens is 1. The quantitative estimate of drug-likeness (QED) is 0.899. The molecule has 2 heterocycles. The number of hydrogen-bond donors (Lipinski definition) is 2. The van der Waals surface area contributed by atoms with E-state index in [1.54, 1.807) is 30.5 Å². The number of nitrogens with two attached hydrogens (primary N) is 1. The van der Waals surface area contributed by atoms with E-state index in [-0.39, 0.29) is 18.5 Å². The Bertz CT molecular complexity index is 650. The predicted molar refractivity (Wildman–Crippen MR) is 85.4 cm³/mol.